The molecule has 0 aliphatic carbocycles. The minimum Gasteiger partial charge on any atom is -0.346 e. The van der Waals surface area contributed by atoms with Gasteiger partial charge in [0.1, 0.15) is 0 Å². The lowest BCUT2D eigenvalue weighted by molar-refractivity contribution is -0.138. The maximum absolute atomic E-state index is 11.7. The van der Waals surface area contributed by atoms with Gasteiger partial charge in [0.2, 0.25) is 0 Å². The predicted molar refractivity (Wildman–Crippen MR) is 68.5 cm³/mol. The minimum absolute atomic E-state index is 0. The molecular weight excluding hydrogens is 240 g/mol. The summed E-state index contributed by atoms with van der Waals surface area (Å²) in [5.74, 6) is -0.993. The molecule has 17 heavy (non-hydrogen) atoms. The number of nitrogens with zero attached hydrogens (tertiary/aromatic N) is 1. The monoisotopic (exact) mass is 254 g/mol. The number of hydrogen-bond donors (Lipinski definition) is 1. The molecule has 0 atom stereocenters. The first-order valence-electron chi connectivity index (χ1n) is 5.27. The van der Waals surface area contributed by atoms with Crippen LogP contribution in [0.5, 0.6) is 0 Å². The third-order valence-electron chi connectivity index (χ3n) is 2.93. The second-order valence-electron chi connectivity index (χ2n) is 3.93. The highest BCUT2D eigenvalue weighted by atomic mass is 35.5. The van der Waals surface area contributed by atoms with E-state index in [1.165, 1.54) is 0 Å². The standard InChI is InChI=1S/C12H14N2O2.ClH/c1-8-4-3-5-10(9(8)2)14-7-6-13-11(15)12(14)16;/h3-5H,6-7H2,1-2H3,(H,13,15);1H. The van der Waals surface area contributed by atoms with Crippen LogP contribution in [0.2, 0.25) is 0 Å². The minimum atomic E-state index is -0.521. The van der Waals surface area contributed by atoms with Gasteiger partial charge in [0.25, 0.3) is 0 Å². The number of amides is 2. The van der Waals surface area contributed by atoms with Gasteiger partial charge in [-0.2, -0.15) is 0 Å². The number of carbonyl (C=O) groups excluding carboxylic acids is 2. The molecular formula is C12H15ClN2O2. The highest BCUT2D eigenvalue weighted by Gasteiger charge is 2.28. The van der Waals surface area contributed by atoms with Gasteiger partial charge in [-0.05, 0) is 31.0 Å². The van der Waals surface area contributed by atoms with Gasteiger partial charge in [-0.25, -0.2) is 0 Å². The van der Waals surface area contributed by atoms with Crippen molar-refractivity contribution in [1.29, 1.82) is 0 Å². The number of rotatable bonds is 1. The number of benzene rings is 1. The number of aryl methyl sites for hydroxylation is 1. The molecule has 1 saturated heterocycles. The molecule has 0 spiro atoms. The molecule has 5 heteroatoms. The molecule has 2 rings (SSSR count). The van der Waals surface area contributed by atoms with Crippen LogP contribution < -0.4 is 10.2 Å². The quantitative estimate of drug-likeness (QED) is 0.766. The molecule has 0 unspecified atom stereocenters. The Kier molecular flexibility index (Phi) is 4.12. The first-order chi connectivity index (χ1) is 7.61. The first kappa shape index (κ1) is 13.5. The molecule has 92 valence electrons. The van der Waals surface area contributed by atoms with Crippen molar-refractivity contribution < 1.29 is 9.59 Å². The molecule has 1 aliphatic rings. The van der Waals surface area contributed by atoms with Crippen molar-refractivity contribution in [3.8, 4) is 0 Å². The highest BCUT2D eigenvalue weighted by molar-refractivity contribution is 6.41. The average molecular weight is 255 g/mol. The maximum Gasteiger partial charge on any atom is 0.316 e. The number of anilines is 1. The van der Waals surface area contributed by atoms with Crippen LogP contribution in [-0.2, 0) is 9.59 Å². The molecule has 1 aliphatic heterocycles. The van der Waals surface area contributed by atoms with Crippen molar-refractivity contribution in [3.05, 3.63) is 29.3 Å². The van der Waals surface area contributed by atoms with Crippen LogP contribution in [0.3, 0.4) is 0 Å². The number of nitrogens with one attached hydrogen (secondary N) is 1. The van der Waals surface area contributed by atoms with Crippen LogP contribution in [0.1, 0.15) is 11.1 Å². The lowest BCUT2D eigenvalue weighted by atomic mass is 10.1. The molecule has 1 fully saturated rings. The SMILES string of the molecule is Cc1cccc(N2CCNC(=O)C2=O)c1C.Cl. The second kappa shape index (κ2) is 5.19. The van der Waals surface area contributed by atoms with E-state index < -0.39 is 11.8 Å². The van der Waals surface area contributed by atoms with Gasteiger partial charge in [0.15, 0.2) is 0 Å². The molecule has 1 aromatic rings. The van der Waals surface area contributed by atoms with E-state index in [9.17, 15) is 9.59 Å². The van der Waals surface area contributed by atoms with E-state index in [2.05, 4.69) is 5.32 Å². The molecule has 0 bridgehead atoms. The third-order valence-corrected chi connectivity index (χ3v) is 2.93. The Hall–Kier alpha value is -1.55. The van der Waals surface area contributed by atoms with Crippen molar-refractivity contribution in [2.24, 2.45) is 0 Å². The summed E-state index contributed by atoms with van der Waals surface area (Å²) in [4.78, 5) is 24.5. The topological polar surface area (TPSA) is 49.4 Å². The van der Waals surface area contributed by atoms with E-state index in [0.29, 0.717) is 13.1 Å². The van der Waals surface area contributed by atoms with Crippen LogP contribution in [0.15, 0.2) is 18.2 Å². The summed E-state index contributed by atoms with van der Waals surface area (Å²) < 4.78 is 0. The van der Waals surface area contributed by atoms with Crippen LogP contribution in [-0.4, -0.2) is 24.9 Å². The lowest BCUT2D eigenvalue weighted by Gasteiger charge is -2.28. The van der Waals surface area contributed by atoms with Crippen molar-refractivity contribution >= 4 is 29.9 Å². The first-order valence-corrected chi connectivity index (χ1v) is 5.27. The molecule has 1 heterocycles. The largest absolute Gasteiger partial charge is 0.346 e. The van der Waals surface area contributed by atoms with Crippen molar-refractivity contribution in [2.45, 2.75) is 13.8 Å². The van der Waals surface area contributed by atoms with E-state index in [4.69, 9.17) is 0 Å². The zero-order valence-corrected chi connectivity index (χ0v) is 10.6. The summed E-state index contributed by atoms with van der Waals surface area (Å²) in [6.45, 7) is 5.00. The van der Waals surface area contributed by atoms with E-state index in [1.54, 1.807) is 4.90 Å². The summed E-state index contributed by atoms with van der Waals surface area (Å²) in [6.07, 6.45) is 0. The fraction of sp³-hybridized carbons (Fsp3) is 0.333. The molecule has 0 radical (unpaired) electrons. The van der Waals surface area contributed by atoms with Crippen molar-refractivity contribution in [3.63, 3.8) is 0 Å². The van der Waals surface area contributed by atoms with E-state index in [-0.39, 0.29) is 12.4 Å². The summed E-state index contributed by atoms with van der Waals surface area (Å²) in [5.41, 5.74) is 3.00. The highest BCUT2D eigenvalue weighted by Crippen LogP contribution is 2.23. The molecule has 1 N–H and O–H groups in total. The van der Waals surface area contributed by atoms with Gasteiger partial charge in [0.05, 0.1) is 0 Å². The third kappa shape index (κ3) is 2.42. The van der Waals surface area contributed by atoms with Gasteiger partial charge in [-0.15, -0.1) is 12.4 Å². The summed E-state index contributed by atoms with van der Waals surface area (Å²) in [6, 6.07) is 5.77. The Bertz CT molecular complexity index is 460. The van der Waals surface area contributed by atoms with Crippen molar-refractivity contribution in [2.75, 3.05) is 18.0 Å². The van der Waals surface area contributed by atoms with Crippen LogP contribution >= 0.6 is 12.4 Å². The second-order valence-corrected chi connectivity index (χ2v) is 3.93. The van der Waals surface area contributed by atoms with Crippen LogP contribution in [0, 0.1) is 13.8 Å². The van der Waals surface area contributed by atoms with Crippen LogP contribution in [0.4, 0.5) is 5.69 Å². The van der Waals surface area contributed by atoms with Gasteiger partial charge in [0, 0.05) is 18.8 Å². The maximum atomic E-state index is 11.7. The summed E-state index contributed by atoms with van der Waals surface area (Å²) in [5, 5.41) is 2.54. The number of piperazine rings is 1. The van der Waals surface area contributed by atoms with Crippen LogP contribution in [0.25, 0.3) is 0 Å². The zero-order valence-electron chi connectivity index (χ0n) is 9.82. The number of halogens is 1. The Morgan fingerprint density at radius 2 is 1.94 bits per heavy atom. The van der Waals surface area contributed by atoms with E-state index >= 15 is 0 Å². The molecule has 4 nitrogen and oxygen atoms in total. The zero-order chi connectivity index (χ0) is 11.7. The Morgan fingerprint density at radius 3 is 2.65 bits per heavy atom. The summed E-state index contributed by atoms with van der Waals surface area (Å²) >= 11 is 0. The Labute approximate surface area is 106 Å². The predicted octanol–water partition coefficient (Wildman–Crippen LogP) is 1.19. The fourth-order valence-electron chi connectivity index (χ4n) is 1.84. The van der Waals surface area contributed by atoms with Crippen molar-refractivity contribution in [1.82, 2.24) is 5.32 Å². The smallest absolute Gasteiger partial charge is 0.316 e. The lowest BCUT2D eigenvalue weighted by Crippen LogP contribution is -2.52. The van der Waals surface area contributed by atoms with Gasteiger partial charge < -0.3 is 10.2 Å². The molecule has 2 amide bonds. The number of carbonyl (C=O) groups is 2. The Balaban J connectivity index is 0.00000144. The van der Waals surface area contributed by atoms with E-state index in [0.717, 1.165) is 16.8 Å². The fourth-order valence-corrected chi connectivity index (χ4v) is 1.84. The van der Waals surface area contributed by atoms with Gasteiger partial charge in [-0.3, -0.25) is 9.59 Å². The normalized spacial score (nSPS) is 15.3. The molecule has 1 aromatic carbocycles. The van der Waals surface area contributed by atoms with Gasteiger partial charge >= 0.3 is 11.8 Å². The average Bonchev–Trinajstić information content (AvgIpc) is 2.27. The van der Waals surface area contributed by atoms with E-state index in [1.807, 2.05) is 32.0 Å². The molecule has 0 aromatic heterocycles. The summed E-state index contributed by atoms with van der Waals surface area (Å²) in [7, 11) is 0. The molecule has 0 saturated carbocycles. The number of hydrogen-bond acceptors (Lipinski definition) is 2. The Morgan fingerprint density at radius 1 is 1.24 bits per heavy atom. The van der Waals surface area contributed by atoms with Gasteiger partial charge in [-0.1, -0.05) is 12.1 Å².